The number of amides is 1. The van der Waals surface area contributed by atoms with Crippen molar-refractivity contribution >= 4 is 11.7 Å². The van der Waals surface area contributed by atoms with E-state index >= 15 is 0 Å². The third kappa shape index (κ3) is 4.76. The molecule has 0 atom stereocenters. The summed E-state index contributed by atoms with van der Waals surface area (Å²) in [6, 6.07) is 9.58. The average Bonchev–Trinajstić information content (AvgIpc) is 2.55. The fourth-order valence-corrected chi connectivity index (χ4v) is 1.65. The first kappa shape index (κ1) is 14.8. The Morgan fingerprint density at radius 3 is 2.67 bits per heavy atom. The van der Waals surface area contributed by atoms with Gasteiger partial charge in [-0.3, -0.25) is 4.79 Å². The van der Waals surface area contributed by atoms with E-state index in [-0.39, 0.29) is 5.91 Å². The first-order valence-electron chi connectivity index (χ1n) is 6.75. The lowest BCUT2D eigenvalue weighted by molar-refractivity contribution is 0.0946. The summed E-state index contributed by atoms with van der Waals surface area (Å²) in [5.74, 6) is 1.23. The predicted molar refractivity (Wildman–Crippen MR) is 80.5 cm³/mol. The lowest BCUT2D eigenvalue weighted by atomic mass is 10.3. The molecule has 0 fully saturated rings. The summed E-state index contributed by atoms with van der Waals surface area (Å²) in [4.78, 5) is 19.9. The molecule has 6 heteroatoms. The quantitative estimate of drug-likeness (QED) is 0.758. The Balaban J connectivity index is 1.67. The van der Waals surface area contributed by atoms with Gasteiger partial charge in [-0.15, -0.1) is 0 Å². The number of nitrogens with zero attached hydrogens (tertiary/aromatic N) is 2. The fourth-order valence-electron chi connectivity index (χ4n) is 1.65. The first-order valence-corrected chi connectivity index (χ1v) is 6.75. The normalized spacial score (nSPS) is 9.95. The van der Waals surface area contributed by atoms with Crippen molar-refractivity contribution in [3.05, 3.63) is 48.4 Å². The number of anilines is 1. The van der Waals surface area contributed by atoms with Gasteiger partial charge in [-0.25, -0.2) is 9.97 Å². The van der Waals surface area contributed by atoms with Crippen LogP contribution in [0.4, 0.5) is 5.82 Å². The Hall–Kier alpha value is -2.63. The molecular formula is C15H18N4O2. The monoisotopic (exact) mass is 286 g/mol. The molecule has 0 saturated carbocycles. The third-order valence-electron chi connectivity index (χ3n) is 2.76. The Kier molecular flexibility index (Phi) is 5.51. The summed E-state index contributed by atoms with van der Waals surface area (Å²) >= 11 is 0. The molecule has 2 N–H and O–H groups in total. The molecular weight excluding hydrogens is 268 g/mol. The van der Waals surface area contributed by atoms with Crippen LogP contribution in [0.15, 0.2) is 42.7 Å². The van der Waals surface area contributed by atoms with E-state index in [1.807, 2.05) is 30.3 Å². The van der Waals surface area contributed by atoms with Crippen LogP contribution in [-0.4, -0.2) is 36.1 Å². The molecule has 0 aliphatic carbocycles. The van der Waals surface area contributed by atoms with Crippen LogP contribution in [0.25, 0.3) is 0 Å². The van der Waals surface area contributed by atoms with Gasteiger partial charge in [0.05, 0.1) is 19.0 Å². The number of para-hydroxylation sites is 1. The maximum absolute atomic E-state index is 11.8. The van der Waals surface area contributed by atoms with Crippen molar-refractivity contribution in [2.75, 3.05) is 25.5 Å². The second kappa shape index (κ2) is 7.84. The van der Waals surface area contributed by atoms with Crippen LogP contribution >= 0.6 is 0 Å². The van der Waals surface area contributed by atoms with Crippen LogP contribution in [0, 0.1) is 0 Å². The number of hydrogen-bond donors (Lipinski definition) is 2. The van der Waals surface area contributed by atoms with Gasteiger partial charge in [0.1, 0.15) is 17.3 Å². The van der Waals surface area contributed by atoms with Gasteiger partial charge in [0, 0.05) is 13.6 Å². The molecule has 1 amide bonds. The second-order valence-electron chi connectivity index (χ2n) is 4.31. The molecule has 0 aliphatic rings. The van der Waals surface area contributed by atoms with E-state index in [0.29, 0.717) is 24.7 Å². The zero-order valence-electron chi connectivity index (χ0n) is 11.9. The first-order chi connectivity index (χ1) is 10.3. The van der Waals surface area contributed by atoms with E-state index in [2.05, 4.69) is 20.6 Å². The fraction of sp³-hybridized carbons (Fsp3) is 0.267. The number of ether oxygens (including phenoxy) is 1. The Morgan fingerprint density at radius 1 is 1.19 bits per heavy atom. The molecule has 1 heterocycles. The van der Waals surface area contributed by atoms with Crippen molar-refractivity contribution in [2.24, 2.45) is 0 Å². The van der Waals surface area contributed by atoms with Gasteiger partial charge in [0.25, 0.3) is 5.91 Å². The number of carbonyl (C=O) groups is 1. The zero-order valence-corrected chi connectivity index (χ0v) is 11.9. The van der Waals surface area contributed by atoms with Crippen molar-refractivity contribution in [2.45, 2.75) is 6.42 Å². The van der Waals surface area contributed by atoms with E-state index in [4.69, 9.17) is 4.74 Å². The second-order valence-corrected chi connectivity index (χ2v) is 4.31. The minimum absolute atomic E-state index is 0.232. The molecule has 1 aromatic heterocycles. The van der Waals surface area contributed by atoms with Crippen LogP contribution in [0.5, 0.6) is 5.75 Å². The summed E-state index contributed by atoms with van der Waals surface area (Å²) < 4.78 is 5.54. The molecule has 2 aromatic rings. The maximum Gasteiger partial charge on any atom is 0.271 e. The Labute approximate surface area is 123 Å². The number of benzene rings is 1. The summed E-state index contributed by atoms with van der Waals surface area (Å²) in [6.45, 7) is 1.08. The van der Waals surface area contributed by atoms with Gasteiger partial charge in [0.2, 0.25) is 0 Å². The Bertz CT molecular complexity index is 558. The van der Waals surface area contributed by atoms with Gasteiger partial charge in [-0.05, 0) is 18.6 Å². The highest BCUT2D eigenvalue weighted by molar-refractivity contribution is 5.91. The lowest BCUT2D eigenvalue weighted by Gasteiger charge is -2.07. The summed E-state index contributed by atoms with van der Waals surface area (Å²) in [7, 11) is 1.75. The van der Waals surface area contributed by atoms with E-state index in [1.54, 1.807) is 7.05 Å². The van der Waals surface area contributed by atoms with Crippen molar-refractivity contribution in [3.8, 4) is 5.75 Å². The molecule has 21 heavy (non-hydrogen) atoms. The van der Waals surface area contributed by atoms with Gasteiger partial charge < -0.3 is 15.4 Å². The topological polar surface area (TPSA) is 76.1 Å². The Morgan fingerprint density at radius 2 is 2.00 bits per heavy atom. The van der Waals surface area contributed by atoms with Gasteiger partial charge >= 0.3 is 0 Å². The molecule has 0 spiro atoms. The van der Waals surface area contributed by atoms with Crippen molar-refractivity contribution < 1.29 is 9.53 Å². The standard InChI is InChI=1S/C15H18N4O2/c1-16-14-11-18-13(10-19-14)15(20)17-8-5-9-21-12-6-3-2-4-7-12/h2-4,6-7,10-11H,5,8-9H2,1H3,(H,16,19)(H,17,20). The van der Waals surface area contributed by atoms with Gasteiger partial charge in [0.15, 0.2) is 0 Å². The highest BCUT2D eigenvalue weighted by Gasteiger charge is 2.06. The third-order valence-corrected chi connectivity index (χ3v) is 2.76. The largest absolute Gasteiger partial charge is 0.494 e. The number of rotatable bonds is 7. The summed E-state index contributed by atoms with van der Waals surface area (Å²) in [5, 5.41) is 5.63. The highest BCUT2D eigenvalue weighted by Crippen LogP contribution is 2.08. The number of aromatic nitrogens is 2. The smallest absolute Gasteiger partial charge is 0.271 e. The summed E-state index contributed by atoms with van der Waals surface area (Å²) in [5.41, 5.74) is 0.304. The minimum Gasteiger partial charge on any atom is -0.494 e. The molecule has 0 aliphatic heterocycles. The maximum atomic E-state index is 11.8. The zero-order chi connectivity index (χ0) is 14.9. The van der Waals surface area contributed by atoms with Crippen molar-refractivity contribution in [3.63, 3.8) is 0 Å². The van der Waals surface area contributed by atoms with Crippen LogP contribution in [0.1, 0.15) is 16.9 Å². The number of carbonyl (C=O) groups excluding carboxylic acids is 1. The van der Waals surface area contributed by atoms with E-state index in [0.717, 1.165) is 12.2 Å². The van der Waals surface area contributed by atoms with E-state index in [9.17, 15) is 4.79 Å². The molecule has 6 nitrogen and oxygen atoms in total. The average molecular weight is 286 g/mol. The number of nitrogens with one attached hydrogen (secondary N) is 2. The van der Waals surface area contributed by atoms with Crippen LogP contribution in [-0.2, 0) is 0 Å². The highest BCUT2D eigenvalue weighted by atomic mass is 16.5. The molecule has 0 unspecified atom stereocenters. The van der Waals surface area contributed by atoms with Crippen LogP contribution < -0.4 is 15.4 Å². The lowest BCUT2D eigenvalue weighted by Crippen LogP contribution is -2.26. The molecule has 0 bridgehead atoms. The van der Waals surface area contributed by atoms with E-state index < -0.39 is 0 Å². The van der Waals surface area contributed by atoms with Crippen LogP contribution in [0.2, 0.25) is 0 Å². The molecule has 1 aromatic carbocycles. The SMILES string of the molecule is CNc1cnc(C(=O)NCCCOc2ccccc2)cn1. The van der Waals surface area contributed by atoms with Gasteiger partial charge in [-0.2, -0.15) is 0 Å². The summed E-state index contributed by atoms with van der Waals surface area (Å²) in [6.07, 6.45) is 3.69. The van der Waals surface area contributed by atoms with Gasteiger partial charge in [-0.1, -0.05) is 18.2 Å². The molecule has 2 rings (SSSR count). The van der Waals surface area contributed by atoms with Crippen LogP contribution in [0.3, 0.4) is 0 Å². The number of hydrogen-bond acceptors (Lipinski definition) is 5. The molecule has 0 saturated heterocycles. The van der Waals surface area contributed by atoms with Crippen molar-refractivity contribution in [1.29, 1.82) is 0 Å². The molecule has 0 radical (unpaired) electrons. The van der Waals surface area contributed by atoms with E-state index in [1.165, 1.54) is 12.4 Å². The minimum atomic E-state index is -0.232. The van der Waals surface area contributed by atoms with Crippen molar-refractivity contribution in [1.82, 2.24) is 15.3 Å². The molecule has 110 valence electrons. The predicted octanol–water partition coefficient (Wildman–Crippen LogP) is 1.72.